The standard InChI is InChI=1S/C10H10BrClN2O2/c11-7-3-8(12)9(13)6-4-14(10(15)16)2-1-5(6)7/h3H,1-2,4,13H2,(H,15,16). The Morgan fingerprint density at radius 2 is 2.25 bits per heavy atom. The first kappa shape index (κ1) is 11.5. The van der Waals surface area contributed by atoms with Gasteiger partial charge in [-0.05, 0) is 18.1 Å². The van der Waals surface area contributed by atoms with Gasteiger partial charge in [-0.1, -0.05) is 27.5 Å². The van der Waals surface area contributed by atoms with Gasteiger partial charge in [0.1, 0.15) is 0 Å². The van der Waals surface area contributed by atoms with Crippen molar-refractivity contribution in [2.45, 2.75) is 13.0 Å². The lowest BCUT2D eigenvalue weighted by Gasteiger charge is -2.28. The first-order valence-electron chi connectivity index (χ1n) is 4.73. The zero-order valence-corrected chi connectivity index (χ0v) is 10.7. The van der Waals surface area contributed by atoms with Crippen molar-refractivity contribution in [1.82, 2.24) is 4.90 Å². The molecule has 0 bridgehead atoms. The molecular formula is C10H10BrClN2O2. The molecule has 2 rings (SSSR count). The quantitative estimate of drug-likeness (QED) is 0.724. The summed E-state index contributed by atoms with van der Waals surface area (Å²) >= 11 is 9.38. The molecule has 3 N–H and O–H groups in total. The number of rotatable bonds is 0. The van der Waals surface area contributed by atoms with Crippen LogP contribution in [0.1, 0.15) is 11.1 Å². The zero-order valence-electron chi connectivity index (χ0n) is 8.33. The van der Waals surface area contributed by atoms with Gasteiger partial charge in [0.05, 0.1) is 17.3 Å². The van der Waals surface area contributed by atoms with Gasteiger partial charge < -0.3 is 15.7 Å². The Morgan fingerprint density at radius 3 is 2.88 bits per heavy atom. The van der Waals surface area contributed by atoms with Crippen molar-refractivity contribution >= 4 is 39.3 Å². The second-order valence-corrected chi connectivity index (χ2v) is 4.93. The van der Waals surface area contributed by atoms with E-state index in [4.69, 9.17) is 22.4 Å². The molecule has 0 atom stereocenters. The SMILES string of the molecule is Nc1c(Cl)cc(Br)c2c1CN(C(=O)O)CC2. The second kappa shape index (κ2) is 4.14. The van der Waals surface area contributed by atoms with Crippen LogP contribution in [0.25, 0.3) is 0 Å². The number of benzene rings is 1. The summed E-state index contributed by atoms with van der Waals surface area (Å²) in [6.07, 6.45) is -0.273. The summed E-state index contributed by atoms with van der Waals surface area (Å²) in [7, 11) is 0. The van der Waals surface area contributed by atoms with E-state index in [0.717, 1.165) is 15.6 Å². The average Bonchev–Trinajstić information content (AvgIpc) is 2.25. The average molecular weight is 306 g/mol. The Balaban J connectivity index is 2.48. The molecule has 0 radical (unpaired) electrons. The minimum absolute atomic E-state index is 0.301. The summed E-state index contributed by atoms with van der Waals surface area (Å²) < 4.78 is 0.895. The van der Waals surface area contributed by atoms with Crippen LogP contribution in [-0.2, 0) is 13.0 Å². The van der Waals surface area contributed by atoms with Crippen LogP contribution >= 0.6 is 27.5 Å². The van der Waals surface area contributed by atoms with Gasteiger partial charge in [0.15, 0.2) is 0 Å². The lowest BCUT2D eigenvalue weighted by Crippen LogP contribution is -2.35. The van der Waals surface area contributed by atoms with E-state index in [0.29, 0.717) is 30.2 Å². The lowest BCUT2D eigenvalue weighted by atomic mass is 9.98. The van der Waals surface area contributed by atoms with Gasteiger partial charge in [0.25, 0.3) is 0 Å². The summed E-state index contributed by atoms with van der Waals surface area (Å²) in [4.78, 5) is 12.2. The number of anilines is 1. The molecule has 1 aliphatic heterocycles. The number of fused-ring (bicyclic) bond motifs is 1. The second-order valence-electron chi connectivity index (χ2n) is 3.67. The lowest BCUT2D eigenvalue weighted by molar-refractivity contribution is 0.140. The molecule has 86 valence electrons. The summed E-state index contributed by atoms with van der Waals surface area (Å²) in [5.41, 5.74) is 8.21. The Labute approximate surface area is 106 Å². The molecule has 0 unspecified atom stereocenters. The third-order valence-corrected chi connectivity index (χ3v) is 3.76. The molecular weight excluding hydrogens is 295 g/mol. The van der Waals surface area contributed by atoms with Crippen LogP contribution in [0.2, 0.25) is 5.02 Å². The first-order valence-corrected chi connectivity index (χ1v) is 5.91. The maximum absolute atomic E-state index is 10.9. The highest BCUT2D eigenvalue weighted by Crippen LogP contribution is 2.35. The fourth-order valence-electron chi connectivity index (χ4n) is 1.86. The Kier molecular flexibility index (Phi) is 2.99. The molecule has 16 heavy (non-hydrogen) atoms. The van der Waals surface area contributed by atoms with Gasteiger partial charge in [-0.25, -0.2) is 4.79 Å². The fourth-order valence-corrected chi connectivity index (χ4v) is 2.88. The van der Waals surface area contributed by atoms with Gasteiger partial charge in [-0.15, -0.1) is 0 Å². The number of amides is 1. The molecule has 0 spiro atoms. The van der Waals surface area contributed by atoms with Crippen molar-refractivity contribution in [2.24, 2.45) is 0 Å². The van der Waals surface area contributed by atoms with Crippen molar-refractivity contribution in [3.05, 3.63) is 26.7 Å². The van der Waals surface area contributed by atoms with E-state index in [1.165, 1.54) is 4.90 Å². The monoisotopic (exact) mass is 304 g/mol. The normalized spacial score (nSPS) is 14.8. The van der Waals surface area contributed by atoms with E-state index in [9.17, 15) is 4.79 Å². The summed E-state index contributed by atoms with van der Waals surface area (Å²) in [6.45, 7) is 0.789. The van der Waals surface area contributed by atoms with E-state index in [2.05, 4.69) is 15.9 Å². The van der Waals surface area contributed by atoms with Crippen LogP contribution in [0.5, 0.6) is 0 Å². The molecule has 0 saturated carbocycles. The third-order valence-electron chi connectivity index (χ3n) is 2.74. The van der Waals surface area contributed by atoms with Crippen LogP contribution in [0.4, 0.5) is 10.5 Å². The molecule has 0 aromatic heterocycles. The summed E-state index contributed by atoms with van der Waals surface area (Å²) in [6, 6.07) is 1.76. The van der Waals surface area contributed by atoms with Crippen LogP contribution in [0.3, 0.4) is 0 Å². The van der Waals surface area contributed by atoms with Gasteiger partial charge in [0.2, 0.25) is 0 Å². The third kappa shape index (κ3) is 1.85. The summed E-state index contributed by atoms with van der Waals surface area (Å²) in [5.74, 6) is 0. The molecule has 1 amide bonds. The highest BCUT2D eigenvalue weighted by molar-refractivity contribution is 9.10. The molecule has 1 aromatic carbocycles. The van der Waals surface area contributed by atoms with Gasteiger partial charge in [-0.3, -0.25) is 0 Å². The Bertz CT molecular complexity index is 465. The molecule has 4 nitrogen and oxygen atoms in total. The van der Waals surface area contributed by atoms with Crippen molar-refractivity contribution in [3.63, 3.8) is 0 Å². The molecule has 1 aliphatic rings. The molecule has 6 heteroatoms. The van der Waals surface area contributed by atoms with E-state index in [1.807, 2.05) is 0 Å². The van der Waals surface area contributed by atoms with Crippen molar-refractivity contribution in [3.8, 4) is 0 Å². The number of carbonyl (C=O) groups is 1. The minimum atomic E-state index is -0.929. The number of hydrogen-bond acceptors (Lipinski definition) is 2. The van der Waals surface area contributed by atoms with E-state index in [1.54, 1.807) is 6.07 Å². The molecule has 1 heterocycles. The number of halogens is 2. The maximum Gasteiger partial charge on any atom is 0.407 e. The highest BCUT2D eigenvalue weighted by Gasteiger charge is 2.24. The van der Waals surface area contributed by atoms with Gasteiger partial charge in [-0.2, -0.15) is 0 Å². The zero-order chi connectivity index (χ0) is 11.9. The smallest absolute Gasteiger partial charge is 0.407 e. The molecule has 0 aliphatic carbocycles. The van der Waals surface area contributed by atoms with E-state index >= 15 is 0 Å². The van der Waals surface area contributed by atoms with Crippen LogP contribution in [-0.4, -0.2) is 22.6 Å². The number of nitrogen functional groups attached to an aromatic ring is 1. The summed E-state index contributed by atoms with van der Waals surface area (Å²) in [5, 5.41) is 9.39. The van der Waals surface area contributed by atoms with E-state index in [-0.39, 0.29) is 0 Å². The maximum atomic E-state index is 10.9. The minimum Gasteiger partial charge on any atom is -0.465 e. The van der Waals surface area contributed by atoms with E-state index < -0.39 is 6.09 Å². The topological polar surface area (TPSA) is 66.6 Å². The Morgan fingerprint density at radius 1 is 1.56 bits per heavy atom. The predicted molar refractivity (Wildman–Crippen MR) is 65.7 cm³/mol. The number of hydrogen-bond donors (Lipinski definition) is 2. The van der Waals surface area contributed by atoms with Crippen LogP contribution in [0, 0.1) is 0 Å². The molecule has 0 saturated heterocycles. The van der Waals surface area contributed by atoms with Gasteiger partial charge >= 0.3 is 6.09 Å². The predicted octanol–water partition coefficient (Wildman–Crippen LogP) is 2.72. The molecule has 1 aromatic rings. The van der Waals surface area contributed by atoms with Gasteiger partial charge in [0, 0.05) is 16.6 Å². The highest BCUT2D eigenvalue weighted by atomic mass is 79.9. The van der Waals surface area contributed by atoms with Crippen molar-refractivity contribution in [1.29, 1.82) is 0 Å². The number of nitrogens with zero attached hydrogens (tertiary/aromatic N) is 1. The largest absolute Gasteiger partial charge is 0.465 e. The first-order chi connectivity index (χ1) is 7.50. The van der Waals surface area contributed by atoms with Crippen molar-refractivity contribution < 1.29 is 9.90 Å². The number of nitrogens with two attached hydrogens (primary N) is 1. The van der Waals surface area contributed by atoms with Crippen LogP contribution < -0.4 is 5.73 Å². The van der Waals surface area contributed by atoms with Crippen molar-refractivity contribution in [2.75, 3.05) is 12.3 Å². The Hall–Kier alpha value is -0.940. The number of carboxylic acid groups (broad SMARTS) is 1. The van der Waals surface area contributed by atoms with Crippen LogP contribution in [0.15, 0.2) is 10.5 Å². The fraction of sp³-hybridized carbons (Fsp3) is 0.300. The molecule has 0 fully saturated rings.